The number of hydrogen-bond acceptors (Lipinski definition) is 5. The average molecular weight is 349 g/mol. The molecule has 1 aliphatic rings. The topological polar surface area (TPSA) is 49.4 Å². The van der Waals surface area contributed by atoms with Crippen molar-refractivity contribution in [2.24, 2.45) is 0 Å². The lowest BCUT2D eigenvalue weighted by Gasteiger charge is -2.31. The van der Waals surface area contributed by atoms with Gasteiger partial charge in [-0.2, -0.15) is 16.1 Å². The molecule has 0 saturated carbocycles. The minimum atomic E-state index is -3.31. The molecule has 21 heavy (non-hydrogen) atoms. The van der Waals surface area contributed by atoms with Crippen molar-refractivity contribution in [2.75, 3.05) is 31.1 Å². The van der Waals surface area contributed by atoms with Gasteiger partial charge in [-0.3, -0.25) is 0 Å². The second kappa shape index (κ2) is 7.97. The summed E-state index contributed by atoms with van der Waals surface area (Å²) in [5, 5.41) is 3.35. The Hall–Kier alpha value is -0.0800. The van der Waals surface area contributed by atoms with Crippen molar-refractivity contribution in [1.29, 1.82) is 0 Å². The van der Waals surface area contributed by atoms with E-state index in [1.165, 1.54) is 11.3 Å². The second-order valence-electron chi connectivity index (χ2n) is 5.26. The molecule has 1 aromatic heterocycles. The van der Waals surface area contributed by atoms with Gasteiger partial charge in [-0.05, 0) is 45.0 Å². The van der Waals surface area contributed by atoms with Crippen molar-refractivity contribution in [3.63, 3.8) is 0 Å². The van der Waals surface area contributed by atoms with Crippen LogP contribution < -0.4 is 5.32 Å². The molecule has 1 atom stereocenters. The highest BCUT2D eigenvalue weighted by Crippen LogP contribution is 2.29. The van der Waals surface area contributed by atoms with Crippen molar-refractivity contribution in [3.05, 3.63) is 17.0 Å². The Morgan fingerprint density at radius 3 is 2.90 bits per heavy atom. The van der Waals surface area contributed by atoms with Gasteiger partial charge in [0, 0.05) is 29.0 Å². The standard InChI is InChI=1S/C14H24N2O2S3/c1-3-7-15-8-6-13-4-5-14(20-13)21(17,18)16-9-10-19-11-12(16)2/h4-5,12,15H,3,6-11H2,1-2H3. The lowest BCUT2D eigenvalue weighted by Crippen LogP contribution is -2.44. The van der Waals surface area contributed by atoms with E-state index >= 15 is 0 Å². The van der Waals surface area contributed by atoms with Crippen LogP contribution in [0.1, 0.15) is 25.1 Å². The molecule has 7 heteroatoms. The summed E-state index contributed by atoms with van der Waals surface area (Å²) < 4.78 is 27.6. The SMILES string of the molecule is CCCNCCc1ccc(S(=O)(=O)N2CCSCC2C)s1. The second-order valence-corrected chi connectivity index (χ2v) is 9.70. The summed E-state index contributed by atoms with van der Waals surface area (Å²) in [7, 11) is -3.31. The van der Waals surface area contributed by atoms with Gasteiger partial charge in [0.05, 0.1) is 0 Å². The summed E-state index contributed by atoms with van der Waals surface area (Å²) >= 11 is 3.25. The molecule has 2 heterocycles. The molecule has 1 unspecified atom stereocenters. The van der Waals surface area contributed by atoms with Gasteiger partial charge in [0.25, 0.3) is 10.0 Å². The van der Waals surface area contributed by atoms with E-state index in [1.807, 2.05) is 24.8 Å². The van der Waals surface area contributed by atoms with Crippen LogP contribution in [0.25, 0.3) is 0 Å². The predicted molar refractivity (Wildman–Crippen MR) is 91.9 cm³/mol. The normalized spacial score (nSPS) is 20.8. The highest BCUT2D eigenvalue weighted by atomic mass is 32.2. The van der Waals surface area contributed by atoms with E-state index in [2.05, 4.69) is 12.2 Å². The smallest absolute Gasteiger partial charge is 0.252 e. The molecule has 1 aliphatic heterocycles. The van der Waals surface area contributed by atoms with Crippen molar-refractivity contribution in [2.45, 2.75) is 36.9 Å². The lowest BCUT2D eigenvalue weighted by molar-refractivity contribution is 0.368. The monoisotopic (exact) mass is 348 g/mol. The van der Waals surface area contributed by atoms with E-state index < -0.39 is 10.0 Å². The van der Waals surface area contributed by atoms with Crippen LogP contribution in [0.3, 0.4) is 0 Å². The van der Waals surface area contributed by atoms with Crippen molar-refractivity contribution < 1.29 is 8.42 Å². The fourth-order valence-corrected chi connectivity index (χ4v) is 6.67. The third-order valence-electron chi connectivity index (χ3n) is 3.48. The van der Waals surface area contributed by atoms with Crippen LogP contribution in [-0.2, 0) is 16.4 Å². The number of thiophene rings is 1. The molecule has 1 fully saturated rings. The molecule has 0 aliphatic carbocycles. The summed E-state index contributed by atoms with van der Waals surface area (Å²) in [6.07, 6.45) is 2.01. The molecule has 2 rings (SSSR count). The molecular weight excluding hydrogens is 324 g/mol. The summed E-state index contributed by atoms with van der Waals surface area (Å²) in [5.41, 5.74) is 0. The van der Waals surface area contributed by atoms with Crippen LogP contribution in [-0.4, -0.2) is 49.9 Å². The molecule has 1 N–H and O–H groups in total. The number of nitrogens with one attached hydrogen (secondary N) is 1. The maximum absolute atomic E-state index is 12.7. The quantitative estimate of drug-likeness (QED) is 0.769. The molecule has 1 aromatic rings. The van der Waals surface area contributed by atoms with Gasteiger partial charge in [-0.25, -0.2) is 8.42 Å². The molecular formula is C14H24N2O2S3. The fourth-order valence-electron chi connectivity index (χ4n) is 2.33. The van der Waals surface area contributed by atoms with E-state index in [4.69, 9.17) is 0 Å². The van der Waals surface area contributed by atoms with Crippen LogP contribution in [0.2, 0.25) is 0 Å². The molecule has 0 aromatic carbocycles. The first-order valence-electron chi connectivity index (χ1n) is 7.44. The molecule has 0 bridgehead atoms. The van der Waals surface area contributed by atoms with E-state index in [1.54, 1.807) is 10.4 Å². The number of hydrogen-bond donors (Lipinski definition) is 1. The molecule has 1 saturated heterocycles. The third-order valence-corrected chi connectivity index (χ3v) is 8.30. The first-order valence-corrected chi connectivity index (χ1v) is 10.9. The minimum Gasteiger partial charge on any atom is -0.316 e. The van der Waals surface area contributed by atoms with Crippen molar-refractivity contribution in [1.82, 2.24) is 9.62 Å². The lowest BCUT2D eigenvalue weighted by atomic mass is 10.3. The Labute approximate surface area is 136 Å². The molecule has 0 amide bonds. The molecule has 0 spiro atoms. The zero-order valence-electron chi connectivity index (χ0n) is 12.7. The van der Waals surface area contributed by atoms with Crippen LogP contribution in [0, 0.1) is 0 Å². The minimum absolute atomic E-state index is 0.0884. The van der Waals surface area contributed by atoms with Gasteiger partial charge in [0.1, 0.15) is 4.21 Å². The maximum atomic E-state index is 12.7. The number of rotatable bonds is 7. The Morgan fingerprint density at radius 2 is 2.19 bits per heavy atom. The van der Waals surface area contributed by atoms with E-state index in [0.29, 0.717) is 10.8 Å². The van der Waals surface area contributed by atoms with Crippen LogP contribution in [0.15, 0.2) is 16.3 Å². The molecule has 0 radical (unpaired) electrons. The Bertz CT molecular complexity index is 542. The Kier molecular flexibility index (Phi) is 6.55. The number of nitrogens with zero attached hydrogens (tertiary/aromatic N) is 1. The van der Waals surface area contributed by atoms with Crippen LogP contribution in [0.5, 0.6) is 0 Å². The van der Waals surface area contributed by atoms with Crippen molar-refractivity contribution >= 4 is 33.1 Å². The largest absolute Gasteiger partial charge is 0.316 e. The first-order chi connectivity index (χ1) is 10.1. The summed E-state index contributed by atoms with van der Waals surface area (Å²) in [6, 6.07) is 3.81. The van der Waals surface area contributed by atoms with E-state index in [9.17, 15) is 8.42 Å². The van der Waals surface area contributed by atoms with E-state index in [-0.39, 0.29) is 6.04 Å². The Balaban J connectivity index is 2.02. The average Bonchev–Trinajstić information content (AvgIpc) is 2.93. The third kappa shape index (κ3) is 4.45. The zero-order chi connectivity index (χ0) is 15.3. The highest BCUT2D eigenvalue weighted by Gasteiger charge is 2.32. The van der Waals surface area contributed by atoms with Gasteiger partial charge in [-0.15, -0.1) is 11.3 Å². The predicted octanol–water partition coefficient (Wildman–Crippen LogP) is 2.42. The van der Waals surface area contributed by atoms with Gasteiger partial charge >= 0.3 is 0 Å². The van der Waals surface area contributed by atoms with Gasteiger partial charge < -0.3 is 5.32 Å². The summed E-state index contributed by atoms with van der Waals surface area (Å²) in [5.74, 6) is 1.78. The first kappa shape index (κ1) is 17.3. The zero-order valence-corrected chi connectivity index (χ0v) is 15.1. The van der Waals surface area contributed by atoms with E-state index in [0.717, 1.165) is 42.3 Å². The molecule has 4 nitrogen and oxygen atoms in total. The van der Waals surface area contributed by atoms with Gasteiger partial charge in [-0.1, -0.05) is 6.92 Å². The fraction of sp³-hybridized carbons (Fsp3) is 0.714. The van der Waals surface area contributed by atoms with Crippen LogP contribution >= 0.6 is 23.1 Å². The molecule has 120 valence electrons. The Morgan fingerprint density at radius 1 is 1.38 bits per heavy atom. The number of thioether (sulfide) groups is 1. The highest BCUT2D eigenvalue weighted by molar-refractivity contribution is 7.99. The van der Waals surface area contributed by atoms with Gasteiger partial charge in [0.15, 0.2) is 0 Å². The summed E-state index contributed by atoms with van der Waals surface area (Å²) in [6.45, 7) is 6.68. The van der Waals surface area contributed by atoms with Crippen molar-refractivity contribution in [3.8, 4) is 0 Å². The van der Waals surface area contributed by atoms with Gasteiger partial charge in [0.2, 0.25) is 0 Å². The van der Waals surface area contributed by atoms with Crippen LogP contribution in [0.4, 0.5) is 0 Å². The summed E-state index contributed by atoms with van der Waals surface area (Å²) in [4.78, 5) is 1.14. The number of sulfonamides is 1. The maximum Gasteiger partial charge on any atom is 0.252 e.